The van der Waals surface area contributed by atoms with E-state index in [9.17, 15) is 14.9 Å². The van der Waals surface area contributed by atoms with Gasteiger partial charge in [-0.05, 0) is 44.2 Å². The molecule has 0 N–H and O–H groups in total. The summed E-state index contributed by atoms with van der Waals surface area (Å²) in [4.78, 5) is 30.3. The number of piperidine rings is 1. The van der Waals surface area contributed by atoms with Crippen LogP contribution in [0.3, 0.4) is 0 Å². The highest BCUT2D eigenvalue weighted by molar-refractivity contribution is 8.26. The zero-order chi connectivity index (χ0) is 22.7. The summed E-state index contributed by atoms with van der Waals surface area (Å²) in [5.74, 6) is 1.13. The number of hydrogen-bond donors (Lipinski definition) is 0. The van der Waals surface area contributed by atoms with E-state index in [1.165, 1.54) is 16.7 Å². The molecule has 2 aliphatic heterocycles. The zero-order valence-electron chi connectivity index (χ0n) is 18.4. The maximum atomic E-state index is 13.1. The fourth-order valence-electron chi connectivity index (χ4n) is 4.17. The van der Waals surface area contributed by atoms with Crippen LogP contribution in [0.2, 0.25) is 0 Å². The van der Waals surface area contributed by atoms with Gasteiger partial charge < -0.3 is 9.64 Å². The predicted molar refractivity (Wildman–Crippen MR) is 128 cm³/mol. The molecule has 31 heavy (non-hydrogen) atoms. The van der Waals surface area contributed by atoms with Crippen LogP contribution < -0.4 is 10.5 Å². The van der Waals surface area contributed by atoms with Gasteiger partial charge in [0.25, 0.3) is 11.5 Å². The number of rotatable bonds is 6. The van der Waals surface area contributed by atoms with E-state index in [0.717, 1.165) is 37.3 Å². The summed E-state index contributed by atoms with van der Waals surface area (Å²) < 4.78 is 7.25. The number of ether oxygens (including phenoxy) is 1. The van der Waals surface area contributed by atoms with Gasteiger partial charge in [-0.2, -0.15) is 5.26 Å². The molecule has 1 aromatic rings. The molecule has 3 heterocycles. The summed E-state index contributed by atoms with van der Waals surface area (Å²) in [5, 5.41) is 9.67. The summed E-state index contributed by atoms with van der Waals surface area (Å²) in [5.41, 5.74) is 1.20. The molecule has 0 radical (unpaired) electrons. The van der Waals surface area contributed by atoms with Crippen molar-refractivity contribution in [2.24, 2.45) is 5.92 Å². The van der Waals surface area contributed by atoms with Crippen LogP contribution in [0.15, 0.2) is 9.70 Å². The SMILES string of the molecule is CCn1c(N2CCCC(C)C2)c(C=C2SC(=S)N(CCOC)C2=O)c(C)c(C#N)c1=O. The number of hydrogen-bond acceptors (Lipinski definition) is 7. The Balaban J connectivity index is 2.18. The van der Waals surface area contributed by atoms with E-state index < -0.39 is 0 Å². The average Bonchev–Trinajstić information content (AvgIpc) is 3.01. The Labute approximate surface area is 192 Å². The first-order chi connectivity index (χ1) is 14.8. The molecule has 0 aromatic carbocycles. The first-order valence-corrected chi connectivity index (χ1v) is 11.7. The van der Waals surface area contributed by atoms with Crippen molar-refractivity contribution in [3.8, 4) is 6.07 Å². The van der Waals surface area contributed by atoms with Gasteiger partial charge in [0.05, 0.1) is 18.1 Å². The molecule has 0 aliphatic carbocycles. The maximum absolute atomic E-state index is 13.1. The highest BCUT2D eigenvalue weighted by atomic mass is 32.2. The fourth-order valence-corrected chi connectivity index (χ4v) is 5.46. The van der Waals surface area contributed by atoms with Gasteiger partial charge in [0.2, 0.25) is 0 Å². The molecule has 166 valence electrons. The molecule has 0 spiro atoms. The van der Waals surface area contributed by atoms with E-state index >= 15 is 0 Å². The van der Waals surface area contributed by atoms with Crippen LogP contribution in [0.5, 0.6) is 0 Å². The highest BCUT2D eigenvalue weighted by Crippen LogP contribution is 2.36. The van der Waals surface area contributed by atoms with Gasteiger partial charge in [-0.1, -0.05) is 30.9 Å². The quantitative estimate of drug-likeness (QED) is 0.477. The van der Waals surface area contributed by atoms with E-state index in [-0.39, 0.29) is 17.0 Å². The van der Waals surface area contributed by atoms with Crippen molar-refractivity contribution in [1.82, 2.24) is 9.47 Å². The number of amides is 1. The maximum Gasteiger partial charge on any atom is 0.270 e. The van der Waals surface area contributed by atoms with Crippen LogP contribution in [0.1, 0.15) is 43.4 Å². The second kappa shape index (κ2) is 9.98. The summed E-state index contributed by atoms with van der Waals surface area (Å²) >= 11 is 6.65. The largest absolute Gasteiger partial charge is 0.383 e. The lowest BCUT2D eigenvalue weighted by Crippen LogP contribution is -2.40. The Morgan fingerprint density at radius 1 is 1.39 bits per heavy atom. The molecule has 1 aromatic heterocycles. The van der Waals surface area contributed by atoms with Crippen LogP contribution in [0.4, 0.5) is 5.82 Å². The summed E-state index contributed by atoms with van der Waals surface area (Å²) in [6, 6.07) is 2.07. The molecular weight excluding hydrogens is 432 g/mol. The summed E-state index contributed by atoms with van der Waals surface area (Å²) in [6.45, 7) is 8.81. The Hall–Kier alpha value is -2.15. The fraction of sp³-hybridized carbons (Fsp3) is 0.545. The second-order valence-corrected chi connectivity index (χ2v) is 9.59. The van der Waals surface area contributed by atoms with E-state index in [1.807, 2.05) is 13.0 Å². The number of nitriles is 1. The second-order valence-electron chi connectivity index (χ2n) is 7.92. The molecule has 9 heteroatoms. The van der Waals surface area contributed by atoms with Gasteiger partial charge in [0.15, 0.2) is 0 Å². The van der Waals surface area contributed by atoms with E-state index in [1.54, 1.807) is 18.6 Å². The third-order valence-corrected chi connectivity index (χ3v) is 7.16. The molecule has 7 nitrogen and oxygen atoms in total. The molecular formula is C22H28N4O3S2. The Morgan fingerprint density at radius 3 is 2.74 bits per heavy atom. The summed E-state index contributed by atoms with van der Waals surface area (Å²) in [6.07, 6.45) is 3.99. The molecule has 1 amide bonds. The van der Waals surface area contributed by atoms with Crippen molar-refractivity contribution in [2.75, 3.05) is 38.3 Å². The minimum atomic E-state index is -0.277. The number of thioether (sulfide) groups is 1. The van der Waals surface area contributed by atoms with Crippen LogP contribution >= 0.6 is 24.0 Å². The third-order valence-electron chi connectivity index (χ3n) is 5.79. The first-order valence-electron chi connectivity index (χ1n) is 10.5. The predicted octanol–water partition coefficient (Wildman–Crippen LogP) is 3.13. The molecule has 0 bridgehead atoms. The van der Waals surface area contributed by atoms with Crippen LogP contribution in [-0.4, -0.2) is 53.0 Å². The molecule has 0 saturated carbocycles. The molecule has 2 aliphatic rings. The van der Waals surface area contributed by atoms with Gasteiger partial charge in [0, 0.05) is 32.3 Å². The van der Waals surface area contributed by atoms with E-state index in [4.69, 9.17) is 17.0 Å². The normalized spacial score (nSPS) is 20.6. The Morgan fingerprint density at radius 2 is 2.13 bits per heavy atom. The van der Waals surface area contributed by atoms with Crippen molar-refractivity contribution in [1.29, 1.82) is 5.26 Å². The standard InChI is InChI=1S/C22H28N4O3S2/c1-5-25-19(24-8-6-7-14(2)13-24)16(15(3)17(12-23)20(25)27)11-18-21(28)26(9-10-29-4)22(30)31-18/h11,14H,5-10,13H2,1-4H3. The van der Waals surface area contributed by atoms with Crippen LogP contribution in [0.25, 0.3) is 6.08 Å². The molecule has 1 atom stereocenters. The number of methoxy groups -OCH3 is 1. The van der Waals surface area contributed by atoms with E-state index in [0.29, 0.717) is 40.4 Å². The monoisotopic (exact) mass is 460 g/mol. The number of nitrogens with zero attached hydrogens (tertiary/aromatic N) is 4. The van der Waals surface area contributed by atoms with Crippen molar-refractivity contribution in [3.05, 3.63) is 31.9 Å². The Kier molecular flexibility index (Phi) is 7.57. The van der Waals surface area contributed by atoms with Gasteiger partial charge >= 0.3 is 0 Å². The molecule has 2 fully saturated rings. The van der Waals surface area contributed by atoms with Crippen LogP contribution in [-0.2, 0) is 16.1 Å². The summed E-state index contributed by atoms with van der Waals surface area (Å²) in [7, 11) is 1.58. The first kappa shape index (κ1) is 23.5. The van der Waals surface area contributed by atoms with E-state index in [2.05, 4.69) is 17.9 Å². The van der Waals surface area contributed by atoms with Crippen molar-refractivity contribution < 1.29 is 9.53 Å². The third kappa shape index (κ3) is 4.56. The van der Waals surface area contributed by atoms with Crippen LogP contribution in [0, 0.1) is 24.2 Å². The lowest BCUT2D eigenvalue weighted by Gasteiger charge is -2.35. The number of carbonyl (C=O) groups is 1. The number of anilines is 1. The smallest absolute Gasteiger partial charge is 0.270 e. The van der Waals surface area contributed by atoms with Gasteiger partial charge in [0.1, 0.15) is 21.8 Å². The minimum Gasteiger partial charge on any atom is -0.383 e. The Bertz CT molecular complexity index is 1030. The van der Waals surface area contributed by atoms with Gasteiger partial charge in [-0.15, -0.1) is 0 Å². The van der Waals surface area contributed by atoms with Crippen molar-refractivity contribution in [3.63, 3.8) is 0 Å². The lowest BCUT2D eigenvalue weighted by molar-refractivity contribution is -0.122. The number of carbonyl (C=O) groups excluding carboxylic acids is 1. The van der Waals surface area contributed by atoms with Crippen molar-refractivity contribution >= 4 is 46.1 Å². The lowest BCUT2D eigenvalue weighted by atomic mass is 9.98. The average molecular weight is 461 g/mol. The molecule has 3 rings (SSSR count). The zero-order valence-corrected chi connectivity index (χ0v) is 20.1. The topological polar surface area (TPSA) is 78.6 Å². The molecule has 2 saturated heterocycles. The number of thiocarbonyl (C=S) groups is 1. The highest BCUT2D eigenvalue weighted by Gasteiger charge is 2.33. The van der Waals surface area contributed by atoms with Gasteiger partial charge in [-0.3, -0.25) is 19.1 Å². The number of aromatic nitrogens is 1. The minimum absolute atomic E-state index is 0.122. The molecule has 1 unspecified atom stereocenters. The van der Waals surface area contributed by atoms with Gasteiger partial charge in [-0.25, -0.2) is 0 Å². The number of pyridine rings is 1. The van der Waals surface area contributed by atoms with Crippen molar-refractivity contribution in [2.45, 2.75) is 40.2 Å².